The van der Waals surface area contributed by atoms with Gasteiger partial charge in [0.25, 0.3) is 0 Å². The number of nitrogens with zero attached hydrogens (tertiary/aromatic N) is 2. The molecule has 0 radical (unpaired) electrons. The Labute approximate surface area is 141 Å². The van der Waals surface area contributed by atoms with E-state index in [2.05, 4.69) is 10.3 Å². The molecular formula is C19H21N3O2. The summed E-state index contributed by atoms with van der Waals surface area (Å²) in [4.78, 5) is 30.7. The van der Waals surface area contributed by atoms with Crippen LogP contribution in [0.5, 0.6) is 0 Å². The van der Waals surface area contributed by atoms with Crippen molar-refractivity contribution in [3.8, 4) is 0 Å². The second kappa shape index (κ2) is 6.07. The molecular weight excluding hydrogens is 302 g/mol. The molecule has 0 unspecified atom stereocenters. The maximum atomic E-state index is 12.7. The van der Waals surface area contributed by atoms with E-state index < -0.39 is 5.41 Å². The third-order valence-electron chi connectivity index (χ3n) is 4.53. The highest BCUT2D eigenvalue weighted by Gasteiger charge is 2.44. The molecule has 0 fully saturated rings. The van der Waals surface area contributed by atoms with E-state index in [4.69, 9.17) is 0 Å². The Bertz CT molecular complexity index is 771. The molecule has 1 N–H and O–H groups in total. The first-order valence-corrected chi connectivity index (χ1v) is 8.02. The summed E-state index contributed by atoms with van der Waals surface area (Å²) >= 11 is 0. The lowest BCUT2D eigenvalue weighted by atomic mass is 9.86. The van der Waals surface area contributed by atoms with Gasteiger partial charge >= 0.3 is 0 Å². The number of amides is 2. The third kappa shape index (κ3) is 2.77. The van der Waals surface area contributed by atoms with Gasteiger partial charge in [0.2, 0.25) is 11.8 Å². The topological polar surface area (TPSA) is 62.3 Å². The number of para-hydroxylation sites is 1. The van der Waals surface area contributed by atoms with Crippen LogP contribution in [0.4, 0.5) is 5.69 Å². The van der Waals surface area contributed by atoms with Crippen molar-refractivity contribution in [2.24, 2.45) is 0 Å². The Morgan fingerprint density at radius 3 is 2.58 bits per heavy atom. The van der Waals surface area contributed by atoms with Gasteiger partial charge in [-0.25, -0.2) is 0 Å². The zero-order chi connectivity index (χ0) is 17.3. The first-order valence-electron chi connectivity index (χ1n) is 8.02. The SMILES string of the molecule is C[C@@H](NC(=O)CN1C(=O)C(C)(C)c2ccccc21)c1ccncc1. The van der Waals surface area contributed by atoms with E-state index in [1.807, 2.05) is 57.2 Å². The number of anilines is 1. The number of carbonyl (C=O) groups excluding carboxylic acids is 2. The zero-order valence-corrected chi connectivity index (χ0v) is 14.1. The summed E-state index contributed by atoms with van der Waals surface area (Å²) < 4.78 is 0. The predicted octanol–water partition coefficient (Wildman–Crippen LogP) is 2.58. The minimum Gasteiger partial charge on any atom is -0.348 e. The smallest absolute Gasteiger partial charge is 0.240 e. The maximum absolute atomic E-state index is 12.7. The molecule has 2 amide bonds. The van der Waals surface area contributed by atoms with Gasteiger partial charge in [0, 0.05) is 18.1 Å². The van der Waals surface area contributed by atoms with Crippen LogP contribution in [0.25, 0.3) is 0 Å². The zero-order valence-electron chi connectivity index (χ0n) is 14.1. The summed E-state index contributed by atoms with van der Waals surface area (Å²) in [6.45, 7) is 5.73. The summed E-state index contributed by atoms with van der Waals surface area (Å²) in [5.41, 5.74) is 2.16. The number of fused-ring (bicyclic) bond motifs is 1. The number of rotatable bonds is 4. The molecule has 0 saturated heterocycles. The van der Waals surface area contributed by atoms with Crippen molar-refractivity contribution in [2.75, 3.05) is 11.4 Å². The van der Waals surface area contributed by atoms with Gasteiger partial charge in [-0.3, -0.25) is 14.6 Å². The number of hydrogen-bond donors (Lipinski definition) is 1. The third-order valence-corrected chi connectivity index (χ3v) is 4.53. The average molecular weight is 323 g/mol. The quantitative estimate of drug-likeness (QED) is 0.940. The van der Waals surface area contributed by atoms with Crippen LogP contribution < -0.4 is 10.2 Å². The van der Waals surface area contributed by atoms with Crippen molar-refractivity contribution in [1.82, 2.24) is 10.3 Å². The highest BCUT2D eigenvalue weighted by molar-refractivity contribution is 6.10. The minimum absolute atomic E-state index is 0.0225. The molecule has 1 aliphatic heterocycles. The Kier molecular flexibility index (Phi) is 4.09. The van der Waals surface area contributed by atoms with E-state index in [1.165, 1.54) is 0 Å². The van der Waals surface area contributed by atoms with Gasteiger partial charge in [0.05, 0.1) is 11.5 Å². The van der Waals surface area contributed by atoms with Gasteiger partial charge in [0.1, 0.15) is 6.54 Å². The summed E-state index contributed by atoms with van der Waals surface area (Å²) in [6, 6.07) is 11.2. The summed E-state index contributed by atoms with van der Waals surface area (Å²) in [6.07, 6.45) is 3.39. The van der Waals surface area contributed by atoms with E-state index in [-0.39, 0.29) is 24.4 Å². The Balaban J connectivity index is 1.74. The van der Waals surface area contributed by atoms with Crippen LogP contribution in [-0.4, -0.2) is 23.3 Å². The molecule has 1 aliphatic rings. The van der Waals surface area contributed by atoms with Crippen LogP contribution >= 0.6 is 0 Å². The van der Waals surface area contributed by atoms with Crippen molar-refractivity contribution in [1.29, 1.82) is 0 Å². The second-order valence-electron chi connectivity index (χ2n) is 6.60. The first-order chi connectivity index (χ1) is 11.4. The molecule has 124 valence electrons. The highest BCUT2D eigenvalue weighted by atomic mass is 16.2. The van der Waals surface area contributed by atoms with Crippen LogP contribution in [-0.2, 0) is 15.0 Å². The van der Waals surface area contributed by atoms with Gasteiger partial charge in [-0.15, -0.1) is 0 Å². The molecule has 1 aromatic heterocycles. The Morgan fingerprint density at radius 1 is 1.21 bits per heavy atom. The number of pyridine rings is 1. The van der Waals surface area contributed by atoms with Crippen LogP contribution in [0.3, 0.4) is 0 Å². The second-order valence-corrected chi connectivity index (χ2v) is 6.60. The number of aromatic nitrogens is 1. The normalized spacial score (nSPS) is 16.6. The molecule has 1 atom stereocenters. The molecule has 0 bridgehead atoms. The Hall–Kier alpha value is -2.69. The Morgan fingerprint density at radius 2 is 1.88 bits per heavy atom. The van der Waals surface area contributed by atoms with E-state index >= 15 is 0 Å². The fourth-order valence-corrected chi connectivity index (χ4v) is 3.12. The lowest BCUT2D eigenvalue weighted by molar-refractivity contribution is -0.125. The van der Waals surface area contributed by atoms with Crippen LogP contribution in [0.2, 0.25) is 0 Å². The van der Waals surface area contributed by atoms with Crippen molar-refractivity contribution >= 4 is 17.5 Å². The molecule has 0 aliphatic carbocycles. The van der Waals surface area contributed by atoms with E-state index in [0.29, 0.717) is 0 Å². The van der Waals surface area contributed by atoms with Gasteiger partial charge < -0.3 is 10.2 Å². The molecule has 1 aromatic carbocycles. The lowest BCUT2D eigenvalue weighted by Gasteiger charge is -2.21. The van der Waals surface area contributed by atoms with Gasteiger partial charge in [-0.05, 0) is 50.1 Å². The fraction of sp³-hybridized carbons (Fsp3) is 0.316. The lowest BCUT2D eigenvalue weighted by Crippen LogP contribution is -2.43. The van der Waals surface area contributed by atoms with E-state index in [9.17, 15) is 9.59 Å². The van der Waals surface area contributed by atoms with Gasteiger partial charge in [0.15, 0.2) is 0 Å². The highest BCUT2D eigenvalue weighted by Crippen LogP contribution is 2.40. The predicted molar refractivity (Wildman–Crippen MR) is 92.6 cm³/mol. The molecule has 2 heterocycles. The monoisotopic (exact) mass is 323 g/mol. The molecule has 5 nitrogen and oxygen atoms in total. The van der Waals surface area contributed by atoms with E-state index in [0.717, 1.165) is 16.8 Å². The summed E-state index contributed by atoms with van der Waals surface area (Å²) in [7, 11) is 0. The van der Waals surface area contributed by atoms with Gasteiger partial charge in [-0.1, -0.05) is 18.2 Å². The fourth-order valence-electron chi connectivity index (χ4n) is 3.12. The minimum atomic E-state index is -0.604. The first kappa shape index (κ1) is 16.2. The van der Waals surface area contributed by atoms with Crippen LogP contribution in [0.1, 0.15) is 37.9 Å². The van der Waals surface area contributed by atoms with Gasteiger partial charge in [-0.2, -0.15) is 0 Å². The van der Waals surface area contributed by atoms with Crippen molar-refractivity contribution in [3.63, 3.8) is 0 Å². The molecule has 0 spiro atoms. The molecule has 0 saturated carbocycles. The van der Waals surface area contributed by atoms with Crippen molar-refractivity contribution < 1.29 is 9.59 Å². The number of nitrogens with one attached hydrogen (secondary N) is 1. The number of hydrogen-bond acceptors (Lipinski definition) is 3. The average Bonchev–Trinajstić information content (AvgIpc) is 2.77. The summed E-state index contributed by atoms with van der Waals surface area (Å²) in [5, 5.41) is 2.94. The molecule has 3 rings (SSSR count). The molecule has 24 heavy (non-hydrogen) atoms. The van der Waals surface area contributed by atoms with Crippen LogP contribution in [0.15, 0.2) is 48.8 Å². The van der Waals surface area contributed by atoms with E-state index in [1.54, 1.807) is 17.3 Å². The summed E-state index contributed by atoms with van der Waals surface area (Å²) in [5.74, 6) is -0.226. The molecule has 2 aromatic rings. The molecule has 5 heteroatoms. The maximum Gasteiger partial charge on any atom is 0.240 e. The number of carbonyl (C=O) groups is 2. The van der Waals surface area contributed by atoms with Crippen molar-refractivity contribution in [2.45, 2.75) is 32.2 Å². The van der Waals surface area contributed by atoms with Crippen molar-refractivity contribution in [3.05, 3.63) is 59.9 Å². The largest absolute Gasteiger partial charge is 0.348 e. The standard InChI is InChI=1S/C19H21N3O2/c1-13(14-8-10-20-11-9-14)21-17(23)12-22-16-7-5-4-6-15(16)19(2,3)18(22)24/h4-11,13H,12H2,1-3H3,(H,21,23)/t13-/m1/s1. The number of benzene rings is 1. The van der Waals surface area contributed by atoms with Crippen LogP contribution in [0, 0.1) is 0 Å².